The molecule has 2 nitrogen and oxygen atoms in total. The van der Waals surface area contributed by atoms with Crippen LogP contribution >= 0.6 is 46.6 Å². The van der Waals surface area contributed by atoms with Crippen LogP contribution in [0.2, 0.25) is 10.0 Å². The molecule has 1 aromatic heterocycles. The molecule has 0 radical (unpaired) electrons. The molecular formula is C14H17Cl3N2S. The largest absolute Gasteiger partial charge is 0.323 e. The maximum Gasteiger partial charge on any atom is 0.127 e. The molecule has 0 aliphatic carbocycles. The second-order valence-corrected chi connectivity index (χ2v) is 7.51. The van der Waals surface area contributed by atoms with Crippen molar-refractivity contribution in [3.05, 3.63) is 28.0 Å². The average Bonchev–Trinajstić information content (AvgIpc) is 2.75. The molecule has 0 saturated carbocycles. The summed E-state index contributed by atoms with van der Waals surface area (Å²) < 4.78 is 2.18. The van der Waals surface area contributed by atoms with Crippen LogP contribution in [0.25, 0.3) is 11.0 Å². The molecule has 0 spiro atoms. The number of imidazole rings is 1. The van der Waals surface area contributed by atoms with Crippen LogP contribution in [0.15, 0.2) is 12.1 Å². The van der Waals surface area contributed by atoms with Gasteiger partial charge in [-0.1, -0.05) is 30.1 Å². The minimum Gasteiger partial charge on any atom is -0.323 e. The molecule has 0 saturated heterocycles. The Bertz CT molecular complexity index is 610. The van der Waals surface area contributed by atoms with Gasteiger partial charge in [0.2, 0.25) is 0 Å². The molecule has 1 aromatic carbocycles. The Labute approximate surface area is 138 Å². The minimum absolute atomic E-state index is 0.158. The second kappa shape index (κ2) is 6.78. The van der Waals surface area contributed by atoms with Gasteiger partial charge in [0, 0.05) is 11.8 Å². The van der Waals surface area contributed by atoms with Gasteiger partial charge in [-0.05, 0) is 31.7 Å². The number of alkyl halides is 1. The SMILES string of the molecule is CCSCC(C)n1c(C(C)Cl)nc2cc(Cl)c(Cl)cc21. The quantitative estimate of drug-likeness (QED) is 0.619. The number of fused-ring (bicyclic) bond motifs is 1. The first-order chi connectivity index (χ1) is 9.45. The van der Waals surface area contributed by atoms with E-state index in [9.17, 15) is 0 Å². The van der Waals surface area contributed by atoms with Crippen LogP contribution in [0.3, 0.4) is 0 Å². The highest BCUT2D eigenvalue weighted by atomic mass is 35.5. The predicted molar refractivity (Wildman–Crippen MR) is 91.7 cm³/mol. The molecule has 0 N–H and O–H groups in total. The highest BCUT2D eigenvalue weighted by molar-refractivity contribution is 7.99. The number of halogens is 3. The van der Waals surface area contributed by atoms with Gasteiger partial charge in [0.25, 0.3) is 0 Å². The van der Waals surface area contributed by atoms with E-state index in [4.69, 9.17) is 34.8 Å². The summed E-state index contributed by atoms with van der Waals surface area (Å²) in [6.07, 6.45) is 0. The van der Waals surface area contributed by atoms with Gasteiger partial charge in [0.15, 0.2) is 0 Å². The molecule has 110 valence electrons. The lowest BCUT2D eigenvalue weighted by Crippen LogP contribution is -2.12. The zero-order valence-corrected chi connectivity index (χ0v) is 14.7. The first-order valence-corrected chi connectivity index (χ1v) is 8.89. The third-order valence-corrected chi connectivity index (χ3v) is 5.16. The summed E-state index contributed by atoms with van der Waals surface area (Å²) in [7, 11) is 0. The minimum atomic E-state index is -0.158. The van der Waals surface area contributed by atoms with Crippen molar-refractivity contribution in [2.75, 3.05) is 11.5 Å². The van der Waals surface area contributed by atoms with Crippen molar-refractivity contribution in [2.45, 2.75) is 32.2 Å². The van der Waals surface area contributed by atoms with E-state index in [0.717, 1.165) is 28.4 Å². The maximum absolute atomic E-state index is 6.28. The number of nitrogens with zero attached hydrogens (tertiary/aromatic N) is 2. The number of hydrogen-bond donors (Lipinski definition) is 0. The van der Waals surface area contributed by atoms with Crippen molar-refractivity contribution in [3.63, 3.8) is 0 Å². The lowest BCUT2D eigenvalue weighted by molar-refractivity contribution is 0.593. The number of aromatic nitrogens is 2. The first-order valence-electron chi connectivity index (χ1n) is 6.54. The third kappa shape index (κ3) is 3.22. The fraction of sp³-hybridized carbons (Fsp3) is 0.500. The van der Waals surface area contributed by atoms with E-state index in [0.29, 0.717) is 16.1 Å². The van der Waals surface area contributed by atoms with Gasteiger partial charge in [-0.2, -0.15) is 11.8 Å². The molecule has 20 heavy (non-hydrogen) atoms. The van der Waals surface area contributed by atoms with Crippen LogP contribution in [-0.2, 0) is 0 Å². The summed E-state index contributed by atoms with van der Waals surface area (Å²) in [6, 6.07) is 3.98. The standard InChI is InChI=1S/C14H17Cl3N2S/c1-4-20-7-8(2)19-13-6-11(17)10(16)5-12(13)18-14(19)9(3)15/h5-6,8-9H,4,7H2,1-3H3. The first kappa shape index (κ1) is 16.3. The fourth-order valence-corrected chi connectivity index (χ4v) is 3.41. The van der Waals surface area contributed by atoms with Crippen molar-refractivity contribution < 1.29 is 0 Å². The Morgan fingerprint density at radius 3 is 2.50 bits per heavy atom. The van der Waals surface area contributed by atoms with Gasteiger partial charge in [0.05, 0.1) is 26.5 Å². The van der Waals surface area contributed by atoms with E-state index >= 15 is 0 Å². The zero-order chi connectivity index (χ0) is 14.9. The number of rotatable bonds is 5. The van der Waals surface area contributed by atoms with E-state index < -0.39 is 0 Å². The van der Waals surface area contributed by atoms with Crippen LogP contribution in [-0.4, -0.2) is 21.1 Å². The normalized spacial score (nSPS) is 14.7. The fourth-order valence-electron chi connectivity index (χ4n) is 2.22. The van der Waals surface area contributed by atoms with Crippen molar-refractivity contribution in [2.24, 2.45) is 0 Å². The molecule has 0 fully saturated rings. The van der Waals surface area contributed by atoms with E-state index in [2.05, 4.69) is 23.4 Å². The molecule has 1 heterocycles. The maximum atomic E-state index is 6.28. The third-order valence-electron chi connectivity index (χ3n) is 3.12. The van der Waals surface area contributed by atoms with Crippen molar-refractivity contribution in [1.82, 2.24) is 9.55 Å². The van der Waals surface area contributed by atoms with Crippen molar-refractivity contribution in [3.8, 4) is 0 Å². The molecule has 2 aromatic rings. The molecular weight excluding hydrogens is 335 g/mol. The summed E-state index contributed by atoms with van der Waals surface area (Å²) in [5.74, 6) is 2.97. The van der Waals surface area contributed by atoms with E-state index in [1.54, 1.807) is 6.07 Å². The summed E-state index contributed by atoms with van der Waals surface area (Å²) in [4.78, 5) is 4.62. The van der Waals surface area contributed by atoms with Gasteiger partial charge in [-0.3, -0.25) is 0 Å². The van der Waals surface area contributed by atoms with Crippen LogP contribution in [0, 0.1) is 0 Å². The van der Waals surface area contributed by atoms with Crippen LogP contribution in [0.5, 0.6) is 0 Å². The monoisotopic (exact) mass is 350 g/mol. The highest BCUT2D eigenvalue weighted by Gasteiger charge is 2.20. The Morgan fingerprint density at radius 1 is 1.25 bits per heavy atom. The molecule has 2 atom stereocenters. The van der Waals surface area contributed by atoms with E-state index in [1.165, 1.54) is 0 Å². The Kier molecular flexibility index (Phi) is 5.52. The Morgan fingerprint density at radius 2 is 1.90 bits per heavy atom. The van der Waals surface area contributed by atoms with Crippen molar-refractivity contribution in [1.29, 1.82) is 0 Å². The highest BCUT2D eigenvalue weighted by Crippen LogP contribution is 2.33. The van der Waals surface area contributed by atoms with Gasteiger partial charge in [0.1, 0.15) is 5.82 Å². The number of hydrogen-bond acceptors (Lipinski definition) is 2. The Balaban J connectivity index is 2.58. The van der Waals surface area contributed by atoms with Gasteiger partial charge >= 0.3 is 0 Å². The molecule has 0 aliphatic rings. The smallest absolute Gasteiger partial charge is 0.127 e. The van der Waals surface area contributed by atoms with Gasteiger partial charge in [-0.15, -0.1) is 11.6 Å². The van der Waals surface area contributed by atoms with E-state index in [1.807, 2.05) is 24.8 Å². The average molecular weight is 352 g/mol. The van der Waals surface area contributed by atoms with Gasteiger partial charge < -0.3 is 4.57 Å². The predicted octanol–water partition coefficient (Wildman–Crippen LogP) is 5.96. The number of thioether (sulfide) groups is 1. The number of benzene rings is 1. The lowest BCUT2D eigenvalue weighted by Gasteiger charge is -2.18. The summed E-state index contributed by atoms with van der Waals surface area (Å²) in [5, 5.41) is 0.909. The molecule has 0 amide bonds. The molecule has 2 unspecified atom stereocenters. The second-order valence-electron chi connectivity index (χ2n) is 4.72. The zero-order valence-electron chi connectivity index (χ0n) is 11.7. The summed E-state index contributed by atoms with van der Waals surface area (Å²) in [6.45, 7) is 6.27. The van der Waals surface area contributed by atoms with Crippen LogP contribution in [0.1, 0.15) is 38.0 Å². The molecule has 6 heteroatoms. The summed E-state index contributed by atoms with van der Waals surface area (Å²) in [5.41, 5.74) is 1.83. The van der Waals surface area contributed by atoms with Crippen LogP contribution < -0.4 is 0 Å². The molecule has 0 bridgehead atoms. The lowest BCUT2D eigenvalue weighted by atomic mass is 10.3. The molecule has 2 rings (SSSR count). The van der Waals surface area contributed by atoms with Gasteiger partial charge in [-0.25, -0.2) is 4.98 Å². The van der Waals surface area contributed by atoms with Crippen molar-refractivity contribution >= 4 is 57.6 Å². The molecule has 0 aliphatic heterocycles. The van der Waals surface area contributed by atoms with Crippen LogP contribution in [0.4, 0.5) is 0 Å². The topological polar surface area (TPSA) is 17.8 Å². The van der Waals surface area contributed by atoms with E-state index in [-0.39, 0.29) is 5.38 Å². The summed E-state index contributed by atoms with van der Waals surface area (Å²) >= 11 is 20.4. The Hall–Kier alpha value is -0.0900.